The lowest BCUT2D eigenvalue weighted by Crippen LogP contribution is -2.26. The summed E-state index contributed by atoms with van der Waals surface area (Å²) in [6.45, 7) is 4.11. The van der Waals surface area contributed by atoms with E-state index in [1.807, 2.05) is 25.1 Å². The first-order valence-corrected chi connectivity index (χ1v) is 9.29. The van der Waals surface area contributed by atoms with Crippen molar-refractivity contribution in [1.29, 1.82) is 0 Å². The molecule has 1 heterocycles. The van der Waals surface area contributed by atoms with Crippen molar-refractivity contribution < 1.29 is 19.1 Å². The van der Waals surface area contributed by atoms with E-state index in [9.17, 15) is 9.59 Å². The molecule has 0 aliphatic carbocycles. The number of nitrogens with one attached hydrogen (secondary N) is 1. The fourth-order valence-electron chi connectivity index (χ4n) is 2.71. The molecule has 0 aliphatic rings. The first-order valence-electron chi connectivity index (χ1n) is 9.29. The standard InChI is InChI=1S/C23H22N2O4/c1-3-28-22-19(10-7-15-24-22)23(27)29-20(17-8-5-4-6-9-17)21(26)25-18-13-11-16(2)12-14-18/h4-15,20H,3H2,1-2H3,(H,25,26). The lowest BCUT2D eigenvalue weighted by atomic mass is 10.1. The maximum Gasteiger partial charge on any atom is 0.344 e. The van der Waals surface area contributed by atoms with Gasteiger partial charge in [-0.05, 0) is 38.1 Å². The molecule has 1 amide bonds. The number of aryl methyl sites for hydroxylation is 1. The van der Waals surface area contributed by atoms with E-state index in [1.165, 1.54) is 6.20 Å². The van der Waals surface area contributed by atoms with Crippen LogP contribution in [0.1, 0.15) is 34.5 Å². The first kappa shape index (κ1) is 20.1. The second-order valence-corrected chi connectivity index (χ2v) is 6.34. The van der Waals surface area contributed by atoms with Crippen molar-refractivity contribution in [2.75, 3.05) is 11.9 Å². The van der Waals surface area contributed by atoms with Gasteiger partial charge in [-0.25, -0.2) is 9.78 Å². The van der Waals surface area contributed by atoms with Gasteiger partial charge in [-0.3, -0.25) is 4.79 Å². The van der Waals surface area contributed by atoms with Gasteiger partial charge in [-0.1, -0.05) is 48.0 Å². The topological polar surface area (TPSA) is 77.5 Å². The molecule has 0 spiro atoms. The number of amides is 1. The second kappa shape index (κ2) is 9.50. The van der Waals surface area contributed by atoms with E-state index >= 15 is 0 Å². The molecule has 3 aromatic rings. The molecule has 29 heavy (non-hydrogen) atoms. The number of aromatic nitrogens is 1. The SMILES string of the molecule is CCOc1ncccc1C(=O)OC(C(=O)Nc1ccc(C)cc1)c1ccccc1. The summed E-state index contributed by atoms with van der Waals surface area (Å²) in [6.07, 6.45) is 0.403. The lowest BCUT2D eigenvalue weighted by Gasteiger charge is -2.19. The normalized spacial score (nSPS) is 11.4. The van der Waals surface area contributed by atoms with Crippen LogP contribution in [-0.2, 0) is 9.53 Å². The molecule has 0 bridgehead atoms. The Morgan fingerprint density at radius 1 is 1.00 bits per heavy atom. The van der Waals surface area contributed by atoms with Crippen LogP contribution in [0, 0.1) is 6.92 Å². The summed E-state index contributed by atoms with van der Waals surface area (Å²) in [7, 11) is 0. The number of hydrogen-bond donors (Lipinski definition) is 1. The molecular formula is C23H22N2O4. The third-order valence-corrected chi connectivity index (χ3v) is 4.16. The number of carbonyl (C=O) groups excluding carboxylic acids is 2. The molecule has 0 radical (unpaired) electrons. The van der Waals surface area contributed by atoms with Crippen molar-refractivity contribution in [3.05, 3.63) is 89.6 Å². The van der Waals surface area contributed by atoms with Crippen molar-refractivity contribution in [1.82, 2.24) is 4.98 Å². The van der Waals surface area contributed by atoms with E-state index in [2.05, 4.69) is 10.3 Å². The summed E-state index contributed by atoms with van der Waals surface area (Å²) in [6, 6.07) is 19.4. The second-order valence-electron chi connectivity index (χ2n) is 6.34. The van der Waals surface area contributed by atoms with Gasteiger partial charge in [0.05, 0.1) is 6.61 Å². The minimum atomic E-state index is -1.13. The number of hydrogen-bond acceptors (Lipinski definition) is 5. The van der Waals surface area contributed by atoms with E-state index in [-0.39, 0.29) is 11.4 Å². The van der Waals surface area contributed by atoms with Gasteiger partial charge in [0.1, 0.15) is 5.56 Å². The number of benzene rings is 2. The molecule has 1 atom stereocenters. The van der Waals surface area contributed by atoms with Gasteiger partial charge >= 0.3 is 5.97 Å². The minimum absolute atomic E-state index is 0.165. The van der Waals surface area contributed by atoms with E-state index in [4.69, 9.17) is 9.47 Å². The largest absolute Gasteiger partial charge is 0.477 e. The summed E-state index contributed by atoms with van der Waals surface area (Å²) in [5, 5.41) is 2.80. The van der Waals surface area contributed by atoms with E-state index in [0.717, 1.165) is 5.56 Å². The molecule has 6 nitrogen and oxygen atoms in total. The van der Waals surface area contributed by atoms with Gasteiger partial charge in [-0.15, -0.1) is 0 Å². The molecule has 148 valence electrons. The Labute approximate surface area is 169 Å². The summed E-state index contributed by atoms with van der Waals surface area (Å²) >= 11 is 0. The zero-order valence-electron chi connectivity index (χ0n) is 16.3. The average Bonchev–Trinajstić information content (AvgIpc) is 2.74. The van der Waals surface area contributed by atoms with Gasteiger partial charge in [0.15, 0.2) is 0 Å². The van der Waals surface area contributed by atoms with Gasteiger partial charge in [-0.2, -0.15) is 0 Å². The number of esters is 1. The molecule has 0 saturated heterocycles. The maximum absolute atomic E-state index is 12.9. The Hall–Kier alpha value is -3.67. The van der Waals surface area contributed by atoms with Crippen LogP contribution in [0.5, 0.6) is 5.88 Å². The first-order chi connectivity index (χ1) is 14.1. The third kappa shape index (κ3) is 5.19. The maximum atomic E-state index is 12.9. The molecule has 0 saturated carbocycles. The average molecular weight is 390 g/mol. The Balaban J connectivity index is 1.85. The highest BCUT2D eigenvalue weighted by molar-refractivity contribution is 5.98. The van der Waals surface area contributed by atoms with Gasteiger partial charge in [0.2, 0.25) is 12.0 Å². The number of pyridine rings is 1. The van der Waals surface area contributed by atoms with Crippen LogP contribution in [0.2, 0.25) is 0 Å². The Morgan fingerprint density at radius 3 is 2.41 bits per heavy atom. The predicted molar refractivity (Wildman–Crippen MR) is 110 cm³/mol. The van der Waals surface area contributed by atoms with Crippen molar-refractivity contribution in [2.45, 2.75) is 20.0 Å². The van der Waals surface area contributed by atoms with Gasteiger partial charge in [0, 0.05) is 17.4 Å². The van der Waals surface area contributed by atoms with Crippen LogP contribution < -0.4 is 10.1 Å². The van der Waals surface area contributed by atoms with Crippen LogP contribution in [0.25, 0.3) is 0 Å². The third-order valence-electron chi connectivity index (χ3n) is 4.16. The highest BCUT2D eigenvalue weighted by Crippen LogP contribution is 2.24. The van der Waals surface area contributed by atoms with E-state index < -0.39 is 18.0 Å². The number of carbonyl (C=O) groups is 2. The summed E-state index contributed by atoms with van der Waals surface area (Å²) < 4.78 is 11.0. The summed E-state index contributed by atoms with van der Waals surface area (Å²) in [5.41, 5.74) is 2.42. The highest BCUT2D eigenvalue weighted by Gasteiger charge is 2.27. The Morgan fingerprint density at radius 2 is 1.72 bits per heavy atom. The highest BCUT2D eigenvalue weighted by atomic mass is 16.6. The van der Waals surface area contributed by atoms with E-state index in [1.54, 1.807) is 55.5 Å². The van der Waals surface area contributed by atoms with E-state index in [0.29, 0.717) is 17.9 Å². The van der Waals surface area contributed by atoms with Crippen molar-refractivity contribution >= 4 is 17.6 Å². The number of anilines is 1. The summed E-state index contributed by atoms with van der Waals surface area (Å²) in [5.74, 6) is -0.963. The lowest BCUT2D eigenvalue weighted by molar-refractivity contribution is -0.125. The zero-order valence-corrected chi connectivity index (χ0v) is 16.3. The fourth-order valence-corrected chi connectivity index (χ4v) is 2.71. The number of rotatable bonds is 7. The molecule has 3 rings (SSSR count). The molecular weight excluding hydrogens is 368 g/mol. The van der Waals surface area contributed by atoms with Gasteiger partial charge in [0.25, 0.3) is 5.91 Å². The number of ether oxygens (including phenoxy) is 2. The van der Waals surface area contributed by atoms with Crippen molar-refractivity contribution in [2.24, 2.45) is 0 Å². The molecule has 2 aromatic carbocycles. The van der Waals surface area contributed by atoms with Crippen LogP contribution in [0.4, 0.5) is 5.69 Å². The monoisotopic (exact) mass is 390 g/mol. The molecule has 0 aliphatic heterocycles. The van der Waals surface area contributed by atoms with Gasteiger partial charge < -0.3 is 14.8 Å². The van der Waals surface area contributed by atoms with Crippen LogP contribution in [0.15, 0.2) is 72.9 Å². The molecule has 1 aromatic heterocycles. The minimum Gasteiger partial charge on any atom is -0.477 e. The van der Waals surface area contributed by atoms with Crippen LogP contribution in [-0.4, -0.2) is 23.5 Å². The molecule has 1 unspecified atom stereocenters. The zero-order chi connectivity index (χ0) is 20.6. The molecule has 1 N–H and O–H groups in total. The van der Waals surface area contributed by atoms with Crippen molar-refractivity contribution in [3.8, 4) is 5.88 Å². The van der Waals surface area contributed by atoms with Crippen LogP contribution >= 0.6 is 0 Å². The molecule has 0 fully saturated rings. The van der Waals surface area contributed by atoms with Crippen molar-refractivity contribution in [3.63, 3.8) is 0 Å². The Bertz CT molecular complexity index is 972. The molecule has 6 heteroatoms. The quantitative estimate of drug-likeness (QED) is 0.608. The Kier molecular flexibility index (Phi) is 6.58. The number of nitrogens with zero attached hydrogens (tertiary/aromatic N) is 1. The summed E-state index contributed by atoms with van der Waals surface area (Å²) in [4.78, 5) is 29.8. The smallest absolute Gasteiger partial charge is 0.344 e. The van der Waals surface area contributed by atoms with Crippen LogP contribution in [0.3, 0.4) is 0 Å². The predicted octanol–water partition coefficient (Wildman–Crippen LogP) is 4.33. The fraction of sp³-hybridized carbons (Fsp3) is 0.174.